The van der Waals surface area contributed by atoms with Crippen LogP contribution in [0.1, 0.15) is 30.3 Å². The summed E-state index contributed by atoms with van der Waals surface area (Å²) in [4.78, 5) is 24.2. The molecule has 6 nitrogen and oxygen atoms in total. The minimum atomic E-state index is -5.02. The van der Waals surface area contributed by atoms with Crippen LogP contribution in [-0.4, -0.2) is 38.1 Å². The number of imidazole rings is 1. The number of aromatic nitrogens is 3. The molecule has 1 aliphatic rings. The Morgan fingerprint density at radius 2 is 2.13 bits per heavy atom. The van der Waals surface area contributed by atoms with E-state index in [1.165, 1.54) is 0 Å². The zero-order valence-electron chi connectivity index (χ0n) is 12.0. The number of aryl methyl sites for hydroxylation is 1. The predicted molar refractivity (Wildman–Crippen MR) is 76.3 cm³/mol. The lowest BCUT2D eigenvalue weighted by atomic mass is 10.2. The lowest BCUT2D eigenvalue weighted by Crippen LogP contribution is -2.34. The van der Waals surface area contributed by atoms with E-state index in [0.717, 1.165) is 5.06 Å². The van der Waals surface area contributed by atoms with E-state index in [4.69, 9.17) is 0 Å². The molecular formula is C13H12BrF3N4O2. The van der Waals surface area contributed by atoms with Crippen molar-refractivity contribution in [1.82, 2.24) is 19.4 Å². The topological polar surface area (TPSA) is 59.7 Å². The normalized spacial score (nSPS) is 19.4. The van der Waals surface area contributed by atoms with Crippen molar-refractivity contribution in [2.24, 2.45) is 0 Å². The quantitative estimate of drug-likeness (QED) is 0.786. The van der Waals surface area contributed by atoms with E-state index in [2.05, 4.69) is 30.7 Å². The van der Waals surface area contributed by atoms with Crippen molar-refractivity contribution in [2.75, 3.05) is 6.54 Å². The summed E-state index contributed by atoms with van der Waals surface area (Å²) in [6.45, 7) is 2.02. The van der Waals surface area contributed by atoms with E-state index in [-0.39, 0.29) is 6.54 Å². The maximum atomic E-state index is 12.4. The van der Waals surface area contributed by atoms with Gasteiger partial charge < -0.3 is 9.24 Å². The van der Waals surface area contributed by atoms with Gasteiger partial charge in [-0.2, -0.15) is 13.2 Å². The van der Waals surface area contributed by atoms with Crippen molar-refractivity contribution >= 4 is 27.5 Å². The van der Waals surface area contributed by atoms with Crippen molar-refractivity contribution < 1.29 is 22.8 Å². The summed E-state index contributed by atoms with van der Waals surface area (Å²) in [6, 6.07) is -0.501. The van der Waals surface area contributed by atoms with Gasteiger partial charge in [0.15, 0.2) is 5.65 Å². The molecule has 0 spiro atoms. The third-order valence-electron chi connectivity index (χ3n) is 3.57. The zero-order valence-corrected chi connectivity index (χ0v) is 13.6. The molecule has 0 N–H and O–H groups in total. The molecule has 1 atom stereocenters. The molecule has 3 rings (SSSR count). The predicted octanol–water partition coefficient (Wildman–Crippen LogP) is 2.96. The number of fused-ring (bicyclic) bond motifs is 1. The van der Waals surface area contributed by atoms with Gasteiger partial charge in [0.1, 0.15) is 4.60 Å². The van der Waals surface area contributed by atoms with E-state index in [1.807, 2.05) is 0 Å². The number of carbonyl (C=O) groups is 1. The number of hydrogen-bond donors (Lipinski definition) is 0. The van der Waals surface area contributed by atoms with E-state index in [0.29, 0.717) is 34.5 Å². The number of halogens is 4. The van der Waals surface area contributed by atoms with Gasteiger partial charge in [-0.1, -0.05) is 0 Å². The molecule has 1 saturated heterocycles. The number of alkyl halides is 3. The van der Waals surface area contributed by atoms with Crippen LogP contribution in [0.2, 0.25) is 0 Å². The molecule has 1 aliphatic heterocycles. The molecular weight excluding hydrogens is 381 g/mol. The van der Waals surface area contributed by atoms with Crippen molar-refractivity contribution in [3.63, 3.8) is 0 Å². The molecule has 1 fully saturated rings. The van der Waals surface area contributed by atoms with Crippen molar-refractivity contribution in [2.45, 2.75) is 32.0 Å². The van der Waals surface area contributed by atoms with Gasteiger partial charge in [0, 0.05) is 18.9 Å². The Morgan fingerprint density at radius 1 is 1.39 bits per heavy atom. The molecule has 124 valence electrons. The van der Waals surface area contributed by atoms with Crippen LogP contribution in [0.25, 0.3) is 5.65 Å². The second kappa shape index (κ2) is 5.75. The van der Waals surface area contributed by atoms with Gasteiger partial charge in [-0.3, -0.25) is 0 Å². The van der Waals surface area contributed by atoms with Crippen LogP contribution in [0.5, 0.6) is 0 Å². The molecule has 0 aromatic carbocycles. The summed E-state index contributed by atoms with van der Waals surface area (Å²) in [6.07, 6.45) is -0.427. The van der Waals surface area contributed by atoms with Gasteiger partial charge in [-0.15, -0.1) is 5.06 Å². The number of nitrogens with zero attached hydrogens (tertiary/aromatic N) is 4. The Bertz CT molecular complexity index is 761. The Hall–Kier alpha value is -1.68. The van der Waals surface area contributed by atoms with Crippen molar-refractivity contribution in [3.05, 3.63) is 28.4 Å². The average molecular weight is 393 g/mol. The fraction of sp³-hybridized carbons (Fsp3) is 0.462. The molecule has 0 radical (unpaired) electrons. The molecule has 0 amide bonds. The highest BCUT2D eigenvalue weighted by molar-refractivity contribution is 9.10. The lowest BCUT2D eigenvalue weighted by Gasteiger charge is -2.21. The monoisotopic (exact) mass is 392 g/mol. The maximum absolute atomic E-state index is 12.4. The number of hydroxylamine groups is 2. The fourth-order valence-electron chi connectivity index (χ4n) is 2.60. The van der Waals surface area contributed by atoms with E-state index in [1.54, 1.807) is 23.7 Å². The Labute approximate surface area is 137 Å². The highest BCUT2D eigenvalue weighted by Crippen LogP contribution is 2.33. The van der Waals surface area contributed by atoms with Crippen LogP contribution >= 0.6 is 15.9 Å². The smallest absolute Gasteiger partial charge is 0.360 e. The molecule has 0 bridgehead atoms. The first-order chi connectivity index (χ1) is 10.8. The highest BCUT2D eigenvalue weighted by atomic mass is 79.9. The van der Waals surface area contributed by atoms with Crippen LogP contribution in [0, 0.1) is 6.92 Å². The largest absolute Gasteiger partial charge is 0.492 e. The summed E-state index contributed by atoms with van der Waals surface area (Å²) < 4.78 is 39.5. The zero-order chi connectivity index (χ0) is 16.8. The number of carbonyl (C=O) groups excluding carboxylic acids is 1. The summed E-state index contributed by atoms with van der Waals surface area (Å²) in [7, 11) is 0. The van der Waals surface area contributed by atoms with Gasteiger partial charge in [0.2, 0.25) is 0 Å². The molecule has 3 heterocycles. The van der Waals surface area contributed by atoms with Gasteiger partial charge in [-0.25, -0.2) is 14.8 Å². The Balaban J connectivity index is 1.88. The fourth-order valence-corrected chi connectivity index (χ4v) is 3.08. The van der Waals surface area contributed by atoms with Crippen molar-refractivity contribution in [3.8, 4) is 0 Å². The molecule has 0 aliphatic carbocycles. The summed E-state index contributed by atoms with van der Waals surface area (Å²) >= 11 is 3.28. The minimum absolute atomic E-state index is 0.237. The van der Waals surface area contributed by atoms with Gasteiger partial charge in [0.25, 0.3) is 0 Å². The third-order valence-corrected chi connectivity index (χ3v) is 3.95. The average Bonchev–Trinajstić information content (AvgIpc) is 3.03. The van der Waals surface area contributed by atoms with Gasteiger partial charge in [0.05, 0.1) is 17.4 Å². The van der Waals surface area contributed by atoms with E-state index < -0.39 is 18.2 Å². The van der Waals surface area contributed by atoms with Crippen LogP contribution in [0.15, 0.2) is 17.0 Å². The molecule has 23 heavy (non-hydrogen) atoms. The summed E-state index contributed by atoms with van der Waals surface area (Å²) in [5.41, 5.74) is 1.83. The third kappa shape index (κ3) is 3.18. The standard InChI is InChI=1S/C13H12BrF3N4O2/c1-7-11-19-8(5-20(11)6-10(14)18-7)9-3-2-4-21(9)23-12(22)13(15,16)17/h5-6,9H,2-4H2,1H3/t9-/m1/s1. The van der Waals surface area contributed by atoms with Crippen LogP contribution in [0.3, 0.4) is 0 Å². The Morgan fingerprint density at radius 3 is 2.83 bits per heavy atom. The SMILES string of the molecule is Cc1nc(Br)cn2cc([C@H]3CCCN3OC(=O)C(F)(F)F)nc12. The van der Waals surface area contributed by atoms with Gasteiger partial charge >= 0.3 is 12.1 Å². The van der Waals surface area contributed by atoms with Gasteiger partial charge in [-0.05, 0) is 35.7 Å². The number of rotatable bonds is 2. The molecule has 0 unspecified atom stereocenters. The molecule has 2 aromatic rings. The second-order valence-electron chi connectivity index (χ2n) is 5.22. The van der Waals surface area contributed by atoms with Crippen LogP contribution < -0.4 is 0 Å². The van der Waals surface area contributed by atoms with E-state index >= 15 is 0 Å². The second-order valence-corrected chi connectivity index (χ2v) is 6.03. The van der Waals surface area contributed by atoms with E-state index in [9.17, 15) is 18.0 Å². The first-order valence-corrected chi connectivity index (χ1v) is 7.62. The Kier molecular flexibility index (Phi) is 4.05. The first kappa shape index (κ1) is 16.2. The van der Waals surface area contributed by atoms with Crippen LogP contribution in [0.4, 0.5) is 13.2 Å². The minimum Gasteiger partial charge on any atom is -0.360 e. The highest BCUT2D eigenvalue weighted by Gasteiger charge is 2.44. The maximum Gasteiger partial charge on any atom is 0.492 e. The molecule has 10 heteroatoms. The molecule has 0 saturated carbocycles. The van der Waals surface area contributed by atoms with Crippen LogP contribution in [-0.2, 0) is 9.63 Å². The summed E-state index contributed by atoms with van der Waals surface area (Å²) in [5, 5.41) is 1.05. The molecule has 2 aromatic heterocycles. The lowest BCUT2D eigenvalue weighted by molar-refractivity contribution is -0.242. The summed E-state index contributed by atoms with van der Waals surface area (Å²) in [5.74, 6) is -2.21. The first-order valence-electron chi connectivity index (χ1n) is 6.83. The number of hydrogen-bond acceptors (Lipinski definition) is 5. The van der Waals surface area contributed by atoms with Crippen molar-refractivity contribution in [1.29, 1.82) is 0 Å².